The van der Waals surface area contributed by atoms with Crippen LogP contribution in [0.3, 0.4) is 0 Å². The van der Waals surface area contributed by atoms with Crippen LogP contribution in [0.5, 0.6) is 0 Å². The molecule has 0 atom stereocenters. The molecule has 57 heavy (non-hydrogen) atoms. The number of nitrogens with one attached hydrogen (secondary N) is 1. The molecule has 5 rings (SSSR count). The quantitative estimate of drug-likeness (QED) is 0.0473. The van der Waals surface area contributed by atoms with Gasteiger partial charge in [-0.3, -0.25) is 0 Å². The summed E-state index contributed by atoms with van der Waals surface area (Å²) in [6, 6.07) is 47.5. The van der Waals surface area contributed by atoms with Crippen LogP contribution in [0.1, 0.15) is 79.1 Å². The molecule has 0 aliphatic carbocycles. The molecule has 1 saturated heterocycles. The zero-order valence-corrected chi connectivity index (χ0v) is 39.1. The minimum Gasteiger partial charge on any atom is -0.327 e. The predicted molar refractivity (Wildman–Crippen MR) is 258 cm³/mol. The van der Waals surface area contributed by atoms with Crippen molar-refractivity contribution >= 4 is 35.7 Å². The number of likely N-dealkylation sites (N-methyl/N-ethyl adjacent to an activating group) is 1. The highest BCUT2D eigenvalue weighted by molar-refractivity contribution is 7.90. The zero-order valence-electron chi connectivity index (χ0n) is 37.3. The smallest absolute Gasteiger partial charge is 0.0991 e. The van der Waals surface area contributed by atoms with Crippen molar-refractivity contribution in [1.82, 2.24) is 5.32 Å². The van der Waals surface area contributed by atoms with Crippen molar-refractivity contribution in [3.63, 3.8) is 0 Å². The first-order valence-corrected chi connectivity index (χ1v) is 26.5. The third-order valence-corrected chi connectivity index (χ3v) is 22.8. The molecule has 0 spiro atoms. The molecule has 0 saturated carbocycles. The molecule has 0 radical (unpaired) electrons. The first-order valence-electron chi connectivity index (χ1n) is 22.2. The van der Waals surface area contributed by atoms with Crippen molar-refractivity contribution in [1.29, 1.82) is 0 Å². The molecule has 4 aromatic carbocycles. The number of hydrogen-bond acceptors (Lipinski definition) is 2. The van der Waals surface area contributed by atoms with Crippen LogP contribution in [0.2, 0.25) is 0 Å². The number of nitrogens with zero attached hydrogens (tertiary/aromatic N) is 2. The minimum absolute atomic E-state index is 0.171. The summed E-state index contributed by atoms with van der Waals surface area (Å²) in [5.41, 5.74) is 6.34. The fraction of sp³-hybridized carbons (Fsp3) is 0.529. The van der Waals surface area contributed by atoms with Gasteiger partial charge in [0.05, 0.1) is 114 Å². The molecule has 1 fully saturated rings. The van der Waals surface area contributed by atoms with Gasteiger partial charge in [0.2, 0.25) is 0 Å². The van der Waals surface area contributed by atoms with E-state index in [1.54, 1.807) is 21.2 Å². The van der Waals surface area contributed by atoms with Gasteiger partial charge in [-0.25, -0.2) is 0 Å². The zero-order chi connectivity index (χ0) is 41.0. The molecule has 3 N–H and O–H groups in total. The Morgan fingerprint density at radius 2 is 0.807 bits per heavy atom. The summed E-state index contributed by atoms with van der Waals surface area (Å²) in [5.74, 6) is 0. The molecule has 4 aromatic rings. The van der Waals surface area contributed by atoms with Gasteiger partial charge in [0.25, 0.3) is 0 Å². The molecule has 0 unspecified atom stereocenters. The van der Waals surface area contributed by atoms with Gasteiger partial charge in [-0.05, 0) is 102 Å². The highest BCUT2D eigenvalue weighted by atomic mass is 31.2. The third-order valence-electron chi connectivity index (χ3n) is 13.3. The molecule has 0 amide bonds. The summed E-state index contributed by atoms with van der Waals surface area (Å²) in [7, 11) is 6.42. The van der Waals surface area contributed by atoms with Crippen LogP contribution >= 0.6 is 14.5 Å². The number of unbranched alkanes of at least 4 members (excludes halogenated alkanes) is 3. The Morgan fingerprint density at radius 3 is 1.14 bits per heavy atom. The van der Waals surface area contributed by atoms with E-state index in [0.29, 0.717) is 6.04 Å². The second-order valence-corrected chi connectivity index (χ2v) is 27.6. The van der Waals surface area contributed by atoms with Gasteiger partial charge >= 0.3 is 0 Å². The molecule has 1 aliphatic rings. The van der Waals surface area contributed by atoms with Crippen molar-refractivity contribution in [2.24, 2.45) is 5.73 Å². The lowest BCUT2D eigenvalue weighted by Crippen LogP contribution is -2.65. The standard InChI is InChI=1S/C51H80N4P2/c1-50(2)43-45(44-51(3,4)53-50)55(7,8)37-22-24-40-57(48-31-17-11-18-32-48,49-33-19-12-20-34-49)42-26-25-41-56(46-27-13-9-14-28-46,47-29-15-10-16-30-47)39-23-21-36-54(5,6)38-35-52/h9-20,27-34,45,53H,21-26,35-44,52H2,1-8H3/q+4. The van der Waals surface area contributed by atoms with E-state index in [4.69, 9.17) is 5.73 Å². The first-order chi connectivity index (χ1) is 27.1. The Morgan fingerprint density at radius 1 is 0.491 bits per heavy atom. The Kier molecular flexibility index (Phi) is 16.2. The number of nitrogens with two attached hydrogens (primary N) is 1. The van der Waals surface area contributed by atoms with Gasteiger partial charge in [0, 0.05) is 43.3 Å². The van der Waals surface area contributed by atoms with Crippen LogP contribution in [0, 0.1) is 0 Å². The molecule has 1 heterocycles. The Labute approximate surface area is 350 Å². The van der Waals surface area contributed by atoms with Gasteiger partial charge in [0.15, 0.2) is 0 Å². The van der Waals surface area contributed by atoms with Crippen LogP contribution in [0.4, 0.5) is 0 Å². The minimum atomic E-state index is -1.65. The van der Waals surface area contributed by atoms with E-state index in [1.165, 1.54) is 89.1 Å². The van der Waals surface area contributed by atoms with E-state index in [1.807, 2.05) is 0 Å². The molecular weight excluding hydrogens is 731 g/mol. The van der Waals surface area contributed by atoms with E-state index >= 15 is 0 Å². The van der Waals surface area contributed by atoms with E-state index < -0.39 is 14.5 Å². The average molecular weight is 811 g/mol. The van der Waals surface area contributed by atoms with E-state index in [9.17, 15) is 0 Å². The molecular formula is C51H80N4P2+4. The summed E-state index contributed by atoms with van der Waals surface area (Å²) in [6.07, 6.45) is 15.2. The normalized spacial score (nSPS) is 16.4. The lowest BCUT2D eigenvalue weighted by atomic mass is 9.78. The van der Waals surface area contributed by atoms with Crippen LogP contribution in [0.25, 0.3) is 0 Å². The monoisotopic (exact) mass is 811 g/mol. The summed E-state index contributed by atoms with van der Waals surface area (Å²) in [5, 5.41) is 10.3. The number of rotatable bonds is 22. The number of hydrogen-bond donors (Lipinski definition) is 2. The number of piperidine rings is 1. The highest BCUT2D eigenvalue weighted by Gasteiger charge is 2.46. The second kappa shape index (κ2) is 20.2. The van der Waals surface area contributed by atoms with Crippen molar-refractivity contribution < 1.29 is 8.97 Å². The largest absolute Gasteiger partial charge is 0.327 e. The maximum Gasteiger partial charge on any atom is 0.0991 e. The van der Waals surface area contributed by atoms with Crippen molar-refractivity contribution in [2.45, 2.75) is 96.2 Å². The Balaban J connectivity index is 1.37. The van der Waals surface area contributed by atoms with E-state index in [2.05, 4.69) is 183 Å². The molecule has 0 aromatic heterocycles. The van der Waals surface area contributed by atoms with Crippen molar-refractivity contribution in [3.05, 3.63) is 121 Å². The van der Waals surface area contributed by atoms with Gasteiger partial charge in [-0.1, -0.05) is 72.8 Å². The summed E-state index contributed by atoms with van der Waals surface area (Å²) >= 11 is 0. The number of quaternary nitrogens is 2. The Hall–Kier alpha value is -2.42. The van der Waals surface area contributed by atoms with Gasteiger partial charge < -0.3 is 20.0 Å². The van der Waals surface area contributed by atoms with Crippen molar-refractivity contribution in [2.75, 3.05) is 79.0 Å². The molecule has 310 valence electrons. The summed E-state index contributed by atoms with van der Waals surface area (Å²) in [6.45, 7) is 13.8. The van der Waals surface area contributed by atoms with E-state index in [0.717, 1.165) is 22.1 Å². The van der Waals surface area contributed by atoms with Gasteiger partial charge in [-0.2, -0.15) is 0 Å². The molecule has 1 aliphatic heterocycles. The average Bonchev–Trinajstić information content (AvgIpc) is 3.18. The van der Waals surface area contributed by atoms with Gasteiger partial charge in [-0.15, -0.1) is 0 Å². The van der Waals surface area contributed by atoms with E-state index in [-0.39, 0.29) is 11.1 Å². The molecule has 4 nitrogen and oxygen atoms in total. The maximum atomic E-state index is 6.00. The van der Waals surface area contributed by atoms with Crippen LogP contribution in [0.15, 0.2) is 121 Å². The second-order valence-electron chi connectivity index (χ2n) is 19.9. The Bertz CT molecular complexity index is 1650. The maximum absolute atomic E-state index is 6.00. The third kappa shape index (κ3) is 12.5. The lowest BCUT2D eigenvalue weighted by Gasteiger charge is -2.51. The van der Waals surface area contributed by atoms with Crippen LogP contribution in [-0.4, -0.2) is 105 Å². The first kappa shape index (κ1) is 45.7. The van der Waals surface area contributed by atoms with Gasteiger partial charge in [0.1, 0.15) is 0 Å². The van der Waals surface area contributed by atoms with Crippen LogP contribution in [-0.2, 0) is 0 Å². The topological polar surface area (TPSA) is 38.0 Å². The SMILES string of the molecule is CC1(C)CC([N+](C)(C)CCCC[P+](CCCC[P+](CCCC[N+](C)(C)CCN)(c2ccccc2)c2ccccc2)(c2ccccc2)c2ccccc2)CC(C)(C)N1. The predicted octanol–water partition coefficient (Wildman–Crippen LogP) is 9.08. The molecule has 0 bridgehead atoms. The summed E-state index contributed by atoms with van der Waals surface area (Å²) < 4.78 is 2.12. The highest BCUT2D eigenvalue weighted by Crippen LogP contribution is 2.60. The summed E-state index contributed by atoms with van der Waals surface area (Å²) in [4.78, 5) is 0. The fourth-order valence-electron chi connectivity index (χ4n) is 10.4. The lowest BCUT2D eigenvalue weighted by molar-refractivity contribution is -0.917. The molecule has 6 heteroatoms. The van der Waals surface area contributed by atoms with Crippen molar-refractivity contribution in [3.8, 4) is 0 Å². The number of benzene rings is 4. The fourth-order valence-corrected chi connectivity index (χ4v) is 19.5. The van der Waals surface area contributed by atoms with Crippen LogP contribution < -0.4 is 32.3 Å².